The molecule has 2 bridgehead atoms. The highest BCUT2D eigenvalue weighted by molar-refractivity contribution is 5.44. The van der Waals surface area contributed by atoms with Gasteiger partial charge < -0.3 is 5.11 Å². The second-order valence-corrected chi connectivity index (χ2v) is 7.60. The van der Waals surface area contributed by atoms with Crippen LogP contribution in [0.5, 0.6) is 5.75 Å². The molecule has 0 radical (unpaired) electrons. The zero-order valence-corrected chi connectivity index (χ0v) is 13.3. The lowest BCUT2D eigenvalue weighted by Crippen LogP contribution is -2.59. The number of benzene rings is 1. The number of hydrogen-bond donors (Lipinski definition) is 1. The minimum Gasteiger partial charge on any atom is -0.508 e. The molecule has 2 fully saturated rings. The van der Waals surface area contributed by atoms with Crippen molar-refractivity contribution >= 4 is 0 Å². The maximum atomic E-state index is 9.95. The summed E-state index contributed by atoms with van der Waals surface area (Å²) in [5.41, 5.74) is 3.22. The molecule has 1 N–H and O–H groups in total. The molecule has 114 valence electrons. The van der Waals surface area contributed by atoms with Crippen molar-refractivity contribution in [3.63, 3.8) is 0 Å². The number of phenolic OH excluding ortho intramolecular Hbond substituents is 1. The number of likely N-dealkylation sites (tertiary alicyclic amines) is 1. The summed E-state index contributed by atoms with van der Waals surface area (Å²) in [7, 11) is 0. The molecule has 1 unspecified atom stereocenters. The van der Waals surface area contributed by atoms with Crippen LogP contribution in [-0.4, -0.2) is 29.1 Å². The molecule has 1 aromatic carbocycles. The summed E-state index contributed by atoms with van der Waals surface area (Å²) in [6.45, 7) is 7.36. The van der Waals surface area contributed by atoms with Gasteiger partial charge in [-0.2, -0.15) is 0 Å². The number of hydrogen-bond acceptors (Lipinski definition) is 2. The molecular weight excluding hydrogens is 258 g/mol. The Balaban J connectivity index is 1.74. The predicted molar refractivity (Wildman–Crippen MR) is 85.6 cm³/mol. The van der Waals surface area contributed by atoms with E-state index in [1.807, 2.05) is 6.07 Å². The third-order valence-corrected chi connectivity index (χ3v) is 6.64. The first kappa shape index (κ1) is 13.6. The zero-order chi connectivity index (χ0) is 14.6. The van der Waals surface area contributed by atoms with E-state index in [2.05, 4.69) is 30.9 Å². The fraction of sp³-hybridized carbons (Fsp3) is 0.684. The highest BCUT2D eigenvalue weighted by Crippen LogP contribution is 2.52. The monoisotopic (exact) mass is 285 g/mol. The summed E-state index contributed by atoms with van der Waals surface area (Å²) in [6.07, 6.45) is 6.51. The average molecular weight is 285 g/mol. The molecule has 3 aliphatic rings. The number of rotatable bonds is 3. The largest absolute Gasteiger partial charge is 0.508 e. The number of piperidine rings is 1. The van der Waals surface area contributed by atoms with Gasteiger partial charge in [-0.15, -0.1) is 0 Å². The minimum atomic E-state index is 0.289. The van der Waals surface area contributed by atoms with Gasteiger partial charge in [-0.25, -0.2) is 0 Å². The molecule has 21 heavy (non-hydrogen) atoms. The third-order valence-electron chi connectivity index (χ3n) is 6.64. The van der Waals surface area contributed by atoms with Gasteiger partial charge in [-0.3, -0.25) is 4.90 Å². The quantitative estimate of drug-likeness (QED) is 0.915. The number of fused-ring (bicyclic) bond motifs is 4. The van der Waals surface area contributed by atoms with Crippen LogP contribution >= 0.6 is 0 Å². The second kappa shape index (κ2) is 4.74. The van der Waals surface area contributed by atoms with Crippen molar-refractivity contribution in [2.24, 2.45) is 11.8 Å². The van der Waals surface area contributed by atoms with Crippen molar-refractivity contribution in [3.8, 4) is 5.75 Å². The smallest absolute Gasteiger partial charge is 0.115 e. The SMILES string of the molecule is CC[C@@]12CCN(CC3CC3)C(Cc3ccc(O)cc31)[C@@H]2C. The van der Waals surface area contributed by atoms with Gasteiger partial charge in [0.05, 0.1) is 0 Å². The molecular formula is C19H27NO. The molecule has 3 atom stereocenters. The van der Waals surface area contributed by atoms with Gasteiger partial charge in [0.15, 0.2) is 0 Å². The van der Waals surface area contributed by atoms with Crippen LogP contribution in [0.4, 0.5) is 0 Å². The van der Waals surface area contributed by atoms with Crippen LogP contribution in [0.25, 0.3) is 0 Å². The summed E-state index contributed by atoms with van der Waals surface area (Å²) >= 11 is 0. The van der Waals surface area contributed by atoms with Crippen molar-refractivity contribution in [3.05, 3.63) is 29.3 Å². The molecule has 0 aromatic heterocycles. The maximum absolute atomic E-state index is 9.95. The van der Waals surface area contributed by atoms with Gasteiger partial charge in [0.2, 0.25) is 0 Å². The van der Waals surface area contributed by atoms with E-state index in [1.54, 1.807) is 0 Å². The van der Waals surface area contributed by atoms with Crippen LogP contribution in [0.3, 0.4) is 0 Å². The molecule has 1 saturated carbocycles. The molecule has 2 heteroatoms. The van der Waals surface area contributed by atoms with Gasteiger partial charge in [0, 0.05) is 18.0 Å². The van der Waals surface area contributed by atoms with Gasteiger partial charge in [-0.1, -0.05) is 19.9 Å². The molecule has 2 nitrogen and oxygen atoms in total. The molecule has 0 spiro atoms. The van der Waals surface area contributed by atoms with Crippen LogP contribution < -0.4 is 0 Å². The average Bonchev–Trinajstić information content (AvgIpc) is 3.28. The lowest BCUT2D eigenvalue weighted by molar-refractivity contribution is 0.0179. The second-order valence-electron chi connectivity index (χ2n) is 7.60. The van der Waals surface area contributed by atoms with Crippen LogP contribution in [0.1, 0.15) is 50.7 Å². The van der Waals surface area contributed by atoms with Crippen LogP contribution in [-0.2, 0) is 11.8 Å². The van der Waals surface area contributed by atoms with Gasteiger partial charge in [-0.05, 0) is 73.7 Å². The Hall–Kier alpha value is -1.02. The van der Waals surface area contributed by atoms with Crippen molar-refractivity contribution in [2.75, 3.05) is 13.1 Å². The minimum absolute atomic E-state index is 0.289. The zero-order valence-electron chi connectivity index (χ0n) is 13.3. The van der Waals surface area contributed by atoms with E-state index in [4.69, 9.17) is 0 Å². The topological polar surface area (TPSA) is 23.5 Å². The van der Waals surface area contributed by atoms with E-state index in [1.165, 1.54) is 56.3 Å². The van der Waals surface area contributed by atoms with E-state index in [0.29, 0.717) is 17.7 Å². The summed E-state index contributed by atoms with van der Waals surface area (Å²) in [4.78, 5) is 2.78. The van der Waals surface area contributed by atoms with Gasteiger partial charge in [0.25, 0.3) is 0 Å². The Morgan fingerprint density at radius 1 is 1.33 bits per heavy atom. The number of phenols is 1. The first-order valence-electron chi connectivity index (χ1n) is 8.70. The van der Waals surface area contributed by atoms with Crippen molar-refractivity contribution < 1.29 is 5.11 Å². The van der Waals surface area contributed by atoms with E-state index in [-0.39, 0.29) is 5.41 Å². The Morgan fingerprint density at radius 2 is 2.14 bits per heavy atom. The van der Waals surface area contributed by atoms with E-state index in [9.17, 15) is 5.11 Å². The number of nitrogens with zero attached hydrogens (tertiary/aromatic N) is 1. The first-order valence-corrected chi connectivity index (χ1v) is 8.70. The van der Waals surface area contributed by atoms with Crippen LogP contribution in [0.2, 0.25) is 0 Å². The third kappa shape index (κ3) is 2.03. The van der Waals surface area contributed by atoms with E-state index < -0.39 is 0 Å². The Kier molecular flexibility index (Phi) is 3.08. The highest BCUT2D eigenvalue weighted by atomic mass is 16.3. The summed E-state index contributed by atoms with van der Waals surface area (Å²) < 4.78 is 0. The first-order chi connectivity index (χ1) is 10.1. The molecule has 1 saturated heterocycles. The standard InChI is InChI=1S/C19H27NO/c1-3-19-8-9-20(12-14-4-5-14)18(13(19)2)10-15-6-7-16(21)11-17(15)19/h6-7,11,13-14,18,21H,3-5,8-10,12H2,1-2H3/t13-,18?,19-/m0/s1. The van der Waals surface area contributed by atoms with E-state index >= 15 is 0 Å². The Labute approximate surface area is 128 Å². The van der Waals surface area contributed by atoms with Gasteiger partial charge >= 0.3 is 0 Å². The number of aromatic hydroxyl groups is 1. The molecule has 0 amide bonds. The fourth-order valence-corrected chi connectivity index (χ4v) is 5.09. The molecule has 1 aromatic rings. The maximum Gasteiger partial charge on any atom is 0.115 e. The Bertz CT molecular complexity index is 550. The summed E-state index contributed by atoms with van der Waals surface area (Å²) in [6, 6.07) is 6.81. The molecule has 1 heterocycles. The Morgan fingerprint density at radius 3 is 2.86 bits per heavy atom. The predicted octanol–water partition coefficient (Wildman–Crippen LogP) is 3.72. The molecule has 4 rings (SSSR count). The lowest BCUT2D eigenvalue weighted by atomic mass is 9.57. The lowest BCUT2D eigenvalue weighted by Gasteiger charge is -2.56. The molecule has 2 aliphatic carbocycles. The van der Waals surface area contributed by atoms with E-state index in [0.717, 1.165) is 5.92 Å². The van der Waals surface area contributed by atoms with Crippen molar-refractivity contribution in [1.29, 1.82) is 0 Å². The molecule has 1 aliphatic heterocycles. The van der Waals surface area contributed by atoms with Crippen LogP contribution in [0, 0.1) is 11.8 Å². The van der Waals surface area contributed by atoms with Crippen molar-refractivity contribution in [2.45, 2.75) is 57.4 Å². The normalized spacial score (nSPS) is 35.5. The fourth-order valence-electron chi connectivity index (χ4n) is 5.09. The van der Waals surface area contributed by atoms with Crippen molar-refractivity contribution in [1.82, 2.24) is 4.90 Å². The van der Waals surface area contributed by atoms with Gasteiger partial charge in [0.1, 0.15) is 5.75 Å². The van der Waals surface area contributed by atoms with Crippen LogP contribution in [0.15, 0.2) is 18.2 Å². The summed E-state index contributed by atoms with van der Waals surface area (Å²) in [5, 5.41) is 9.95. The highest BCUT2D eigenvalue weighted by Gasteiger charge is 2.50. The summed E-state index contributed by atoms with van der Waals surface area (Å²) in [5.74, 6) is 2.12.